The van der Waals surface area contributed by atoms with Crippen molar-refractivity contribution in [3.8, 4) is 16.9 Å². The van der Waals surface area contributed by atoms with E-state index in [9.17, 15) is 14.0 Å². The molecule has 0 aliphatic heterocycles. The van der Waals surface area contributed by atoms with Gasteiger partial charge >= 0.3 is 5.97 Å². The van der Waals surface area contributed by atoms with Crippen LogP contribution in [0.1, 0.15) is 20.3 Å². The Morgan fingerprint density at radius 3 is 2.56 bits per heavy atom. The van der Waals surface area contributed by atoms with E-state index in [1.165, 1.54) is 12.1 Å². The summed E-state index contributed by atoms with van der Waals surface area (Å²) in [6.07, 6.45) is 2.74. The highest BCUT2D eigenvalue weighted by Crippen LogP contribution is 2.30. The molecule has 1 N–H and O–H groups in total. The van der Waals surface area contributed by atoms with Gasteiger partial charge in [-0.3, -0.25) is 9.78 Å². The molecule has 0 aliphatic carbocycles. The number of halogens is 1. The predicted molar refractivity (Wildman–Crippen MR) is 127 cm³/mol. The number of ether oxygens (including phenoxy) is 3. The van der Waals surface area contributed by atoms with Gasteiger partial charge in [0.25, 0.3) is 0 Å². The van der Waals surface area contributed by atoms with Crippen LogP contribution in [0.3, 0.4) is 0 Å². The first-order valence-corrected chi connectivity index (χ1v) is 11.2. The van der Waals surface area contributed by atoms with Gasteiger partial charge in [-0.1, -0.05) is 26.0 Å². The lowest BCUT2D eigenvalue weighted by Gasteiger charge is -2.17. The molecule has 0 saturated carbocycles. The van der Waals surface area contributed by atoms with Gasteiger partial charge in [0.05, 0.1) is 18.7 Å². The summed E-state index contributed by atoms with van der Waals surface area (Å²) in [6.45, 7) is 4.87. The van der Waals surface area contributed by atoms with Crippen molar-refractivity contribution < 1.29 is 28.2 Å². The number of amides is 1. The normalized spacial score (nSPS) is 11.9. The molecule has 1 aromatic heterocycles. The predicted octanol–water partition coefficient (Wildman–Crippen LogP) is 4.14. The average molecular weight is 469 g/mol. The van der Waals surface area contributed by atoms with Crippen molar-refractivity contribution in [2.75, 3.05) is 26.4 Å². The number of carbonyl (C=O) groups is 2. The standard InChI is InChI=1S/C26H29FN2O5/c1-18(2)15-25(29-17-30)26(31)34-14-12-32-11-13-33-21-7-8-24-23(16-21)22(9-10-28-24)19-3-5-20(27)6-4-19/h3-10,16-18,25H,11-15H2,1-2H3,(H,29,30)/t25-/m0/s1. The van der Waals surface area contributed by atoms with Crippen molar-refractivity contribution in [1.82, 2.24) is 10.3 Å². The molecule has 0 fully saturated rings. The quantitative estimate of drug-likeness (QED) is 0.231. The molecule has 0 spiro atoms. The Balaban J connectivity index is 1.46. The summed E-state index contributed by atoms with van der Waals surface area (Å²) in [7, 11) is 0. The van der Waals surface area contributed by atoms with Gasteiger partial charge in [-0.25, -0.2) is 9.18 Å². The molecule has 1 amide bonds. The van der Waals surface area contributed by atoms with Crippen molar-refractivity contribution in [3.05, 3.63) is 60.5 Å². The SMILES string of the molecule is CC(C)C[C@H](NC=O)C(=O)OCCOCCOc1ccc2nccc(-c3ccc(F)cc3)c2c1. The summed E-state index contributed by atoms with van der Waals surface area (Å²) in [5, 5.41) is 3.39. The number of nitrogens with one attached hydrogen (secondary N) is 1. The van der Waals surface area contributed by atoms with E-state index in [4.69, 9.17) is 14.2 Å². The fourth-order valence-electron chi connectivity index (χ4n) is 3.50. The molecular weight excluding hydrogens is 439 g/mol. The highest BCUT2D eigenvalue weighted by molar-refractivity contribution is 5.95. The van der Waals surface area contributed by atoms with E-state index in [1.54, 1.807) is 18.3 Å². The van der Waals surface area contributed by atoms with Crippen LogP contribution in [-0.2, 0) is 19.1 Å². The molecular formula is C26H29FN2O5. The Hall–Kier alpha value is -3.52. The molecule has 1 heterocycles. The zero-order chi connectivity index (χ0) is 24.3. The third-order valence-electron chi connectivity index (χ3n) is 5.10. The number of pyridine rings is 1. The molecule has 2 aromatic carbocycles. The Morgan fingerprint density at radius 1 is 1.06 bits per heavy atom. The molecule has 7 nitrogen and oxygen atoms in total. The van der Waals surface area contributed by atoms with Crippen molar-refractivity contribution in [2.24, 2.45) is 5.92 Å². The second-order valence-corrected chi connectivity index (χ2v) is 8.14. The summed E-state index contributed by atoms with van der Waals surface area (Å²) in [5.41, 5.74) is 2.64. The van der Waals surface area contributed by atoms with E-state index < -0.39 is 12.0 Å². The average Bonchev–Trinajstić information content (AvgIpc) is 2.83. The number of benzene rings is 2. The number of nitrogens with zero attached hydrogens (tertiary/aromatic N) is 1. The first-order chi connectivity index (χ1) is 16.5. The van der Waals surface area contributed by atoms with Gasteiger partial charge in [-0.05, 0) is 59.9 Å². The molecule has 0 aliphatic rings. The number of hydrogen-bond acceptors (Lipinski definition) is 6. The molecule has 180 valence electrons. The van der Waals surface area contributed by atoms with Crippen molar-refractivity contribution in [3.63, 3.8) is 0 Å². The minimum Gasteiger partial charge on any atom is -0.491 e. The summed E-state index contributed by atoms with van der Waals surface area (Å²) < 4.78 is 29.7. The summed E-state index contributed by atoms with van der Waals surface area (Å²) >= 11 is 0. The van der Waals surface area contributed by atoms with E-state index in [0.717, 1.165) is 22.0 Å². The van der Waals surface area contributed by atoms with Crippen LogP contribution < -0.4 is 10.1 Å². The Bertz CT molecular complexity index is 1090. The number of rotatable bonds is 13. The van der Waals surface area contributed by atoms with Crippen molar-refractivity contribution >= 4 is 23.3 Å². The first-order valence-electron chi connectivity index (χ1n) is 11.2. The number of hydrogen-bond donors (Lipinski definition) is 1. The van der Waals surface area contributed by atoms with Gasteiger partial charge in [0, 0.05) is 11.6 Å². The lowest BCUT2D eigenvalue weighted by Crippen LogP contribution is -2.38. The number of fused-ring (bicyclic) bond motifs is 1. The van der Waals surface area contributed by atoms with Gasteiger partial charge in [-0.2, -0.15) is 0 Å². The maximum atomic E-state index is 13.3. The maximum absolute atomic E-state index is 13.3. The first kappa shape index (κ1) is 25.1. The van der Waals surface area contributed by atoms with Gasteiger partial charge in [0.2, 0.25) is 6.41 Å². The molecule has 1 atom stereocenters. The van der Waals surface area contributed by atoms with Crippen LogP contribution in [0.25, 0.3) is 22.0 Å². The number of esters is 1. The van der Waals surface area contributed by atoms with Crippen LogP contribution in [0, 0.1) is 11.7 Å². The third kappa shape index (κ3) is 7.25. The zero-order valence-corrected chi connectivity index (χ0v) is 19.3. The van der Waals surface area contributed by atoms with Gasteiger partial charge < -0.3 is 19.5 Å². The fourth-order valence-corrected chi connectivity index (χ4v) is 3.50. The molecule has 3 aromatic rings. The minimum atomic E-state index is -0.650. The van der Waals surface area contributed by atoms with Gasteiger partial charge in [0.15, 0.2) is 0 Å². The molecule has 34 heavy (non-hydrogen) atoms. The lowest BCUT2D eigenvalue weighted by molar-refractivity contribution is -0.149. The summed E-state index contributed by atoms with van der Waals surface area (Å²) in [4.78, 5) is 27.1. The van der Waals surface area contributed by atoms with E-state index >= 15 is 0 Å². The van der Waals surface area contributed by atoms with Crippen LogP contribution in [0.4, 0.5) is 4.39 Å². The second kappa shape index (κ2) is 12.6. The zero-order valence-electron chi connectivity index (χ0n) is 19.3. The smallest absolute Gasteiger partial charge is 0.328 e. The van der Waals surface area contributed by atoms with E-state index in [-0.39, 0.29) is 24.9 Å². The van der Waals surface area contributed by atoms with Crippen LogP contribution in [0.15, 0.2) is 54.7 Å². The Kier molecular flexibility index (Phi) is 9.34. The number of carbonyl (C=O) groups excluding carboxylic acids is 2. The highest BCUT2D eigenvalue weighted by Gasteiger charge is 2.20. The summed E-state index contributed by atoms with van der Waals surface area (Å²) in [5.74, 6) is 0.155. The van der Waals surface area contributed by atoms with Crippen LogP contribution in [0.2, 0.25) is 0 Å². The van der Waals surface area contributed by atoms with Gasteiger partial charge in [-0.15, -0.1) is 0 Å². The van der Waals surface area contributed by atoms with Crippen LogP contribution in [-0.4, -0.2) is 49.8 Å². The summed E-state index contributed by atoms with van der Waals surface area (Å²) in [6, 6.07) is 13.2. The van der Waals surface area contributed by atoms with Gasteiger partial charge in [0.1, 0.15) is 30.8 Å². The second-order valence-electron chi connectivity index (χ2n) is 8.14. The molecule has 0 saturated heterocycles. The molecule has 0 radical (unpaired) electrons. The van der Waals surface area contributed by atoms with Crippen LogP contribution in [0.5, 0.6) is 5.75 Å². The van der Waals surface area contributed by atoms with E-state index in [1.807, 2.05) is 38.1 Å². The monoisotopic (exact) mass is 468 g/mol. The van der Waals surface area contributed by atoms with Crippen molar-refractivity contribution in [2.45, 2.75) is 26.3 Å². The van der Waals surface area contributed by atoms with E-state index in [0.29, 0.717) is 31.8 Å². The molecule has 8 heteroatoms. The largest absolute Gasteiger partial charge is 0.491 e. The molecule has 0 bridgehead atoms. The third-order valence-corrected chi connectivity index (χ3v) is 5.10. The highest BCUT2D eigenvalue weighted by atomic mass is 19.1. The Morgan fingerprint density at radius 2 is 1.82 bits per heavy atom. The molecule has 3 rings (SSSR count). The van der Waals surface area contributed by atoms with Crippen molar-refractivity contribution in [1.29, 1.82) is 0 Å². The molecule has 0 unspecified atom stereocenters. The Labute approximate surface area is 198 Å². The van der Waals surface area contributed by atoms with Crippen LogP contribution >= 0.6 is 0 Å². The lowest BCUT2D eigenvalue weighted by atomic mass is 10.0. The maximum Gasteiger partial charge on any atom is 0.328 e. The fraction of sp³-hybridized carbons (Fsp3) is 0.346. The topological polar surface area (TPSA) is 86.8 Å². The van der Waals surface area contributed by atoms with E-state index in [2.05, 4.69) is 10.3 Å². The minimum absolute atomic E-state index is 0.0939. The number of aromatic nitrogens is 1.